The van der Waals surface area contributed by atoms with Gasteiger partial charge in [-0.05, 0) is 24.3 Å². The van der Waals surface area contributed by atoms with E-state index in [1.54, 1.807) is 24.3 Å². The van der Waals surface area contributed by atoms with Crippen molar-refractivity contribution in [2.75, 3.05) is 32.9 Å². The second-order valence-corrected chi connectivity index (χ2v) is 4.07. The summed E-state index contributed by atoms with van der Waals surface area (Å²) >= 11 is 0. The molecule has 8 heteroatoms. The summed E-state index contributed by atoms with van der Waals surface area (Å²) in [4.78, 5) is 0. The first-order valence-corrected chi connectivity index (χ1v) is 6.41. The number of nitrogens with two attached hydrogens (primary N) is 1. The molecular formula is C13H19F2N3O3. The van der Waals surface area contributed by atoms with Crippen molar-refractivity contribution in [2.24, 2.45) is 10.9 Å². The number of ether oxygens (including phenoxy) is 2. The molecule has 0 amide bonds. The highest BCUT2D eigenvalue weighted by Gasteiger charge is 2.01. The number of hydrogen-bond donors (Lipinski definition) is 3. The minimum Gasteiger partial charge on any atom is -0.492 e. The predicted octanol–water partition coefficient (Wildman–Crippen LogP) is 1.03. The highest BCUT2D eigenvalue weighted by molar-refractivity contribution is 5.97. The number of nitrogens with one attached hydrogen (secondary N) is 1. The van der Waals surface area contributed by atoms with Crippen LogP contribution in [0.5, 0.6) is 5.75 Å². The Kier molecular flexibility index (Phi) is 8.07. The molecule has 0 radical (unpaired) electrons. The summed E-state index contributed by atoms with van der Waals surface area (Å²) in [5.41, 5.74) is 6.03. The van der Waals surface area contributed by atoms with Gasteiger partial charge in [0, 0.05) is 18.7 Å². The molecule has 0 fully saturated rings. The molecule has 0 saturated heterocycles. The van der Waals surface area contributed by atoms with Crippen molar-refractivity contribution >= 4 is 5.84 Å². The van der Waals surface area contributed by atoms with Gasteiger partial charge in [-0.2, -0.15) is 0 Å². The fourth-order valence-corrected chi connectivity index (χ4v) is 1.46. The molecule has 0 heterocycles. The minimum absolute atomic E-state index is 0.0343. The molecular weight excluding hydrogens is 284 g/mol. The monoisotopic (exact) mass is 303 g/mol. The van der Waals surface area contributed by atoms with Crippen LogP contribution in [0.1, 0.15) is 5.56 Å². The summed E-state index contributed by atoms with van der Waals surface area (Å²) in [7, 11) is 0. The number of halogens is 2. The zero-order valence-electron chi connectivity index (χ0n) is 11.5. The number of benzene rings is 1. The van der Waals surface area contributed by atoms with Gasteiger partial charge in [-0.3, -0.25) is 0 Å². The third kappa shape index (κ3) is 7.42. The number of oxime groups is 1. The first-order valence-electron chi connectivity index (χ1n) is 6.41. The SMILES string of the molecule is N/C(=N/O)c1ccc(OCCNCCOCC(F)F)cc1. The van der Waals surface area contributed by atoms with Crippen molar-refractivity contribution in [1.29, 1.82) is 0 Å². The summed E-state index contributed by atoms with van der Waals surface area (Å²) in [6, 6.07) is 6.77. The molecule has 0 bridgehead atoms. The Balaban J connectivity index is 2.10. The minimum atomic E-state index is -2.43. The smallest absolute Gasteiger partial charge is 0.261 e. The average molecular weight is 303 g/mol. The second-order valence-electron chi connectivity index (χ2n) is 4.07. The third-order valence-corrected chi connectivity index (χ3v) is 2.47. The summed E-state index contributed by atoms with van der Waals surface area (Å²) in [5, 5.41) is 14.4. The van der Waals surface area contributed by atoms with E-state index < -0.39 is 13.0 Å². The van der Waals surface area contributed by atoms with Crippen LogP contribution in [-0.4, -0.2) is 50.4 Å². The third-order valence-electron chi connectivity index (χ3n) is 2.47. The highest BCUT2D eigenvalue weighted by Crippen LogP contribution is 2.11. The zero-order chi connectivity index (χ0) is 15.5. The van der Waals surface area contributed by atoms with Gasteiger partial charge in [-0.15, -0.1) is 0 Å². The van der Waals surface area contributed by atoms with Gasteiger partial charge in [0.2, 0.25) is 0 Å². The second kappa shape index (κ2) is 9.89. The summed E-state index contributed by atoms with van der Waals surface area (Å²) in [6.07, 6.45) is -2.43. The Bertz CT molecular complexity index is 427. The van der Waals surface area contributed by atoms with Crippen molar-refractivity contribution in [3.05, 3.63) is 29.8 Å². The van der Waals surface area contributed by atoms with Gasteiger partial charge < -0.3 is 25.7 Å². The number of rotatable bonds is 10. The average Bonchev–Trinajstić information content (AvgIpc) is 2.49. The van der Waals surface area contributed by atoms with E-state index in [0.717, 1.165) is 0 Å². The predicted molar refractivity (Wildman–Crippen MR) is 74.1 cm³/mol. The molecule has 4 N–H and O–H groups in total. The van der Waals surface area contributed by atoms with E-state index in [1.165, 1.54) is 0 Å². The van der Waals surface area contributed by atoms with E-state index in [2.05, 4.69) is 10.5 Å². The van der Waals surface area contributed by atoms with Crippen molar-refractivity contribution in [1.82, 2.24) is 5.32 Å². The maximum Gasteiger partial charge on any atom is 0.261 e. The Labute approximate surface area is 121 Å². The largest absolute Gasteiger partial charge is 0.492 e. The molecule has 0 aliphatic heterocycles. The van der Waals surface area contributed by atoms with E-state index in [1.807, 2.05) is 0 Å². The fraction of sp³-hybridized carbons (Fsp3) is 0.462. The van der Waals surface area contributed by atoms with Crippen LogP contribution in [-0.2, 0) is 4.74 Å². The maximum atomic E-state index is 11.8. The molecule has 0 aromatic heterocycles. The van der Waals surface area contributed by atoms with Crippen LogP contribution < -0.4 is 15.8 Å². The maximum absolute atomic E-state index is 11.8. The first-order chi connectivity index (χ1) is 10.1. The zero-order valence-corrected chi connectivity index (χ0v) is 11.5. The number of alkyl halides is 2. The van der Waals surface area contributed by atoms with Gasteiger partial charge in [0.1, 0.15) is 19.0 Å². The lowest BCUT2D eigenvalue weighted by molar-refractivity contribution is 0.0186. The van der Waals surface area contributed by atoms with Crippen LogP contribution >= 0.6 is 0 Å². The van der Waals surface area contributed by atoms with Gasteiger partial charge in [0.05, 0.1) is 6.61 Å². The van der Waals surface area contributed by atoms with E-state index in [-0.39, 0.29) is 12.4 Å². The fourth-order valence-electron chi connectivity index (χ4n) is 1.46. The number of nitrogens with zero attached hydrogens (tertiary/aromatic N) is 1. The Morgan fingerprint density at radius 1 is 1.24 bits per heavy atom. The Morgan fingerprint density at radius 2 is 1.90 bits per heavy atom. The normalized spacial score (nSPS) is 11.9. The molecule has 0 aliphatic carbocycles. The van der Waals surface area contributed by atoms with E-state index in [9.17, 15) is 8.78 Å². The van der Waals surface area contributed by atoms with Crippen molar-refractivity contribution in [2.45, 2.75) is 6.43 Å². The molecule has 6 nitrogen and oxygen atoms in total. The summed E-state index contributed by atoms with van der Waals surface area (Å²) in [5.74, 6) is 0.687. The van der Waals surface area contributed by atoms with Gasteiger partial charge in [-0.25, -0.2) is 8.78 Å². The molecule has 1 aromatic carbocycles. The molecule has 0 unspecified atom stereocenters. The summed E-state index contributed by atoms with van der Waals surface area (Å²) in [6.45, 7) is 1.18. The van der Waals surface area contributed by atoms with Crippen LogP contribution in [0.2, 0.25) is 0 Å². The van der Waals surface area contributed by atoms with Gasteiger partial charge in [0.15, 0.2) is 5.84 Å². The molecule has 1 rings (SSSR count). The molecule has 0 aliphatic rings. The topological polar surface area (TPSA) is 89.1 Å². The van der Waals surface area contributed by atoms with E-state index in [4.69, 9.17) is 20.4 Å². The van der Waals surface area contributed by atoms with Crippen LogP contribution in [0.3, 0.4) is 0 Å². The van der Waals surface area contributed by atoms with Crippen molar-refractivity contribution < 1.29 is 23.5 Å². The Morgan fingerprint density at radius 3 is 2.52 bits per heavy atom. The summed E-state index contributed by atoms with van der Waals surface area (Å²) < 4.78 is 33.7. The quantitative estimate of drug-likeness (QED) is 0.197. The molecule has 0 saturated carbocycles. The lowest BCUT2D eigenvalue weighted by atomic mass is 10.2. The van der Waals surface area contributed by atoms with Gasteiger partial charge in [0.25, 0.3) is 6.43 Å². The van der Waals surface area contributed by atoms with Crippen molar-refractivity contribution in [3.8, 4) is 5.75 Å². The molecule has 1 aromatic rings. The molecule has 118 valence electrons. The molecule has 21 heavy (non-hydrogen) atoms. The molecule has 0 spiro atoms. The Hall–Kier alpha value is -1.93. The highest BCUT2D eigenvalue weighted by atomic mass is 19.3. The standard InChI is InChI=1S/C13H19F2N3O3/c14-12(15)9-20-7-5-17-6-8-21-11-3-1-10(2-4-11)13(16)18-19/h1-4,12,17,19H,5-9H2,(H2,16,18). The number of hydrogen-bond acceptors (Lipinski definition) is 5. The number of amidine groups is 1. The molecule has 0 atom stereocenters. The van der Waals surface area contributed by atoms with Crippen LogP contribution in [0.4, 0.5) is 8.78 Å². The van der Waals surface area contributed by atoms with Gasteiger partial charge >= 0.3 is 0 Å². The van der Waals surface area contributed by atoms with Crippen LogP contribution in [0, 0.1) is 0 Å². The van der Waals surface area contributed by atoms with Crippen LogP contribution in [0.15, 0.2) is 29.4 Å². The van der Waals surface area contributed by atoms with Crippen molar-refractivity contribution in [3.63, 3.8) is 0 Å². The van der Waals surface area contributed by atoms with Crippen LogP contribution in [0.25, 0.3) is 0 Å². The first kappa shape index (κ1) is 17.1. The lowest BCUT2D eigenvalue weighted by Gasteiger charge is -2.08. The van der Waals surface area contributed by atoms with E-state index in [0.29, 0.717) is 31.0 Å². The van der Waals surface area contributed by atoms with E-state index >= 15 is 0 Å². The lowest BCUT2D eigenvalue weighted by Crippen LogP contribution is -2.25. The van der Waals surface area contributed by atoms with Gasteiger partial charge in [-0.1, -0.05) is 5.16 Å².